The van der Waals surface area contributed by atoms with Gasteiger partial charge in [0.15, 0.2) is 0 Å². The van der Waals surface area contributed by atoms with E-state index in [9.17, 15) is 0 Å². The predicted octanol–water partition coefficient (Wildman–Crippen LogP) is 0.524. The molecule has 0 aliphatic rings. The van der Waals surface area contributed by atoms with Gasteiger partial charge in [0.05, 0.1) is 0 Å². The van der Waals surface area contributed by atoms with Crippen molar-refractivity contribution in [2.75, 3.05) is 0 Å². The molecule has 2 heteroatoms. The van der Waals surface area contributed by atoms with Gasteiger partial charge in [0.25, 0.3) is 0 Å². The van der Waals surface area contributed by atoms with Crippen molar-refractivity contribution in [3.05, 3.63) is 22.3 Å². The fourth-order valence-electron chi connectivity index (χ4n) is 0. The van der Waals surface area contributed by atoms with Crippen molar-refractivity contribution < 1.29 is 26.5 Å². The maximum Gasteiger partial charge on any atom is 0 e. The standard InChI is InChI=1S/3CH3.H2O.Pt/h3*1H3;1H2;/q3*-1;;. The van der Waals surface area contributed by atoms with Crippen LogP contribution in [-0.4, -0.2) is 5.48 Å². The molecule has 0 fully saturated rings. The van der Waals surface area contributed by atoms with Gasteiger partial charge >= 0.3 is 0 Å². The molecule has 0 unspecified atom stereocenters. The Hall–Kier alpha value is 0.648. The Morgan fingerprint density at radius 3 is 0.600 bits per heavy atom. The molecule has 0 heterocycles. The third kappa shape index (κ3) is 77.6. The molecule has 42 valence electrons. The van der Waals surface area contributed by atoms with Crippen LogP contribution in [0.3, 0.4) is 0 Å². The Labute approximate surface area is 49.3 Å². The van der Waals surface area contributed by atoms with Crippen molar-refractivity contribution in [3.8, 4) is 0 Å². The van der Waals surface area contributed by atoms with Crippen molar-refractivity contribution in [1.82, 2.24) is 0 Å². The smallest absolute Gasteiger partial charge is 0 e. The predicted molar refractivity (Wildman–Crippen MR) is 22.9 cm³/mol. The van der Waals surface area contributed by atoms with Gasteiger partial charge in [0.1, 0.15) is 0 Å². The van der Waals surface area contributed by atoms with Crippen LogP contribution < -0.4 is 0 Å². The van der Waals surface area contributed by atoms with Gasteiger partial charge in [-0.3, -0.25) is 0 Å². The van der Waals surface area contributed by atoms with Crippen molar-refractivity contribution in [3.63, 3.8) is 0 Å². The van der Waals surface area contributed by atoms with Gasteiger partial charge in [-0.2, -0.15) is 0 Å². The van der Waals surface area contributed by atoms with E-state index in [2.05, 4.69) is 0 Å². The summed E-state index contributed by atoms with van der Waals surface area (Å²) in [5.74, 6) is 0. The summed E-state index contributed by atoms with van der Waals surface area (Å²) in [5.41, 5.74) is 0. The summed E-state index contributed by atoms with van der Waals surface area (Å²) in [6.45, 7) is 0. The Morgan fingerprint density at radius 2 is 0.600 bits per heavy atom. The van der Waals surface area contributed by atoms with Crippen LogP contribution in [0.1, 0.15) is 0 Å². The average molecular weight is 258 g/mol. The third-order valence-electron chi connectivity index (χ3n) is 0. The average Bonchev–Trinajstić information content (AvgIpc) is 0. The molecule has 0 radical (unpaired) electrons. The second kappa shape index (κ2) is 147. The summed E-state index contributed by atoms with van der Waals surface area (Å²) in [6, 6.07) is 0. The van der Waals surface area contributed by atoms with E-state index in [1.807, 2.05) is 0 Å². The third-order valence-corrected chi connectivity index (χ3v) is 0. The fourth-order valence-corrected chi connectivity index (χ4v) is 0. The first-order valence-corrected chi connectivity index (χ1v) is 0. The Bertz CT molecular complexity index is 6.85. The molecule has 0 atom stereocenters. The minimum atomic E-state index is 0. The fraction of sp³-hybridized carbons (Fsp3) is 0. The van der Waals surface area contributed by atoms with Crippen LogP contribution in [0.25, 0.3) is 0 Å². The van der Waals surface area contributed by atoms with Gasteiger partial charge in [-0.05, 0) is 0 Å². The molecule has 0 aromatic heterocycles. The number of hydrogen-bond donors (Lipinski definition) is 0. The van der Waals surface area contributed by atoms with E-state index in [1.54, 1.807) is 0 Å². The normalized spacial score (nSPS) is 0. The summed E-state index contributed by atoms with van der Waals surface area (Å²) in [5, 5.41) is 0. The second-order valence-corrected chi connectivity index (χ2v) is 0. The van der Waals surface area contributed by atoms with Gasteiger partial charge in [0, 0.05) is 21.1 Å². The number of rotatable bonds is 0. The Morgan fingerprint density at radius 1 is 0.600 bits per heavy atom. The molecule has 0 aromatic carbocycles. The van der Waals surface area contributed by atoms with E-state index in [-0.39, 0.29) is 48.8 Å². The molecule has 0 bridgehead atoms. The first-order valence-electron chi connectivity index (χ1n) is 0. The van der Waals surface area contributed by atoms with Crippen LogP contribution >= 0.6 is 0 Å². The molecule has 1 nitrogen and oxygen atoms in total. The summed E-state index contributed by atoms with van der Waals surface area (Å²) in [7, 11) is 0. The van der Waals surface area contributed by atoms with E-state index < -0.39 is 0 Å². The minimum absolute atomic E-state index is 0. The zero-order valence-corrected chi connectivity index (χ0v) is 6.09. The molecule has 0 amide bonds. The van der Waals surface area contributed by atoms with E-state index in [1.165, 1.54) is 0 Å². The minimum Gasteiger partial charge on any atom is -0.412 e. The summed E-state index contributed by atoms with van der Waals surface area (Å²) in [4.78, 5) is 0. The molecular weight excluding hydrogens is 247 g/mol. The van der Waals surface area contributed by atoms with Crippen LogP contribution in [0.15, 0.2) is 0 Å². The van der Waals surface area contributed by atoms with Crippen molar-refractivity contribution in [2.24, 2.45) is 0 Å². The topological polar surface area (TPSA) is 31.5 Å². The molecule has 0 spiro atoms. The van der Waals surface area contributed by atoms with Gasteiger partial charge in [-0.25, -0.2) is 0 Å². The van der Waals surface area contributed by atoms with Crippen LogP contribution in [0.4, 0.5) is 0 Å². The zero-order valence-electron chi connectivity index (χ0n) is 3.82. The molecule has 0 aliphatic carbocycles. The monoisotopic (exact) mass is 258 g/mol. The molecule has 0 aliphatic heterocycles. The van der Waals surface area contributed by atoms with Crippen molar-refractivity contribution in [1.29, 1.82) is 0 Å². The van der Waals surface area contributed by atoms with Crippen LogP contribution in [-0.2, 0) is 21.1 Å². The van der Waals surface area contributed by atoms with E-state index in [4.69, 9.17) is 0 Å². The van der Waals surface area contributed by atoms with Crippen LogP contribution in [0, 0.1) is 22.3 Å². The van der Waals surface area contributed by atoms with Gasteiger partial charge < -0.3 is 27.8 Å². The maximum absolute atomic E-state index is 0. The summed E-state index contributed by atoms with van der Waals surface area (Å²) in [6.07, 6.45) is 0. The molecule has 5 heavy (non-hydrogen) atoms. The summed E-state index contributed by atoms with van der Waals surface area (Å²) < 4.78 is 0. The van der Waals surface area contributed by atoms with E-state index in [0.717, 1.165) is 0 Å². The Balaban J connectivity index is 0. The molecule has 2 N–H and O–H groups in total. The SMILES string of the molecule is O.[CH3-].[CH3-].[CH3-].[Pt]. The second-order valence-electron chi connectivity index (χ2n) is 0. The molecule has 0 aromatic rings. The Kier molecular flexibility index (Phi) is 8550. The largest absolute Gasteiger partial charge is 0.412 e. The number of hydrogen-bond acceptors (Lipinski definition) is 0. The molecular formula is C3H11OPt-3. The van der Waals surface area contributed by atoms with Gasteiger partial charge in [-0.1, -0.05) is 0 Å². The molecule has 0 saturated heterocycles. The van der Waals surface area contributed by atoms with Crippen LogP contribution in [0.2, 0.25) is 0 Å². The van der Waals surface area contributed by atoms with Crippen molar-refractivity contribution >= 4 is 0 Å². The van der Waals surface area contributed by atoms with Gasteiger partial charge in [-0.15, -0.1) is 0 Å². The molecule has 0 saturated carbocycles. The van der Waals surface area contributed by atoms with E-state index in [0.29, 0.717) is 0 Å². The van der Waals surface area contributed by atoms with E-state index >= 15 is 0 Å². The van der Waals surface area contributed by atoms with Crippen LogP contribution in [0.5, 0.6) is 0 Å². The first-order chi connectivity index (χ1) is 0. The van der Waals surface area contributed by atoms with Crippen molar-refractivity contribution in [2.45, 2.75) is 0 Å². The zero-order chi connectivity index (χ0) is 0. The summed E-state index contributed by atoms with van der Waals surface area (Å²) >= 11 is 0. The molecule has 0 rings (SSSR count). The quantitative estimate of drug-likeness (QED) is 0.567. The van der Waals surface area contributed by atoms with Gasteiger partial charge in [0.2, 0.25) is 0 Å². The maximum atomic E-state index is 0. The first kappa shape index (κ1) is 290.